The molecule has 2 aliphatic rings. The van der Waals surface area contributed by atoms with E-state index in [2.05, 4.69) is 20.6 Å². The maximum atomic E-state index is 10.7. The number of nitrogens with zero attached hydrogens (tertiary/aromatic N) is 3. The highest BCUT2D eigenvalue weighted by Crippen LogP contribution is 2.24. The number of nitro groups is 1. The van der Waals surface area contributed by atoms with Gasteiger partial charge in [0, 0.05) is 6.07 Å². The van der Waals surface area contributed by atoms with Gasteiger partial charge in [0.2, 0.25) is 5.82 Å². The number of aromatic nitrogens is 2. The summed E-state index contributed by atoms with van der Waals surface area (Å²) >= 11 is 11.4. The largest absolute Gasteiger partial charge is 0.396 e. The third kappa shape index (κ3) is 7.29. The van der Waals surface area contributed by atoms with Crippen LogP contribution in [0, 0.1) is 10.1 Å². The number of hydrogen-bond acceptors (Lipinski definition) is 11. The van der Waals surface area contributed by atoms with Crippen LogP contribution in [-0.2, 0) is 18.9 Å². The van der Waals surface area contributed by atoms with Crippen LogP contribution in [0.15, 0.2) is 24.3 Å². The van der Waals surface area contributed by atoms with Gasteiger partial charge in [-0.15, -0.1) is 0 Å². The first kappa shape index (κ1) is 24.2. The SMILES string of the molecule is Nc1ccc(Cl)nc1NCC1OCCO1.O=[N+]([O-])c1ccc(Cl)nc1NCC1OCCO1. The van der Waals surface area contributed by atoms with E-state index in [0.29, 0.717) is 49.6 Å². The number of nitrogens with two attached hydrogens (primary N) is 1. The summed E-state index contributed by atoms with van der Waals surface area (Å²) in [5.74, 6) is 0.670. The fourth-order valence-electron chi connectivity index (χ4n) is 2.70. The molecule has 0 saturated carbocycles. The van der Waals surface area contributed by atoms with E-state index < -0.39 is 11.2 Å². The second kappa shape index (κ2) is 11.9. The molecule has 12 nitrogen and oxygen atoms in total. The van der Waals surface area contributed by atoms with Crippen molar-refractivity contribution in [2.75, 3.05) is 55.9 Å². The van der Waals surface area contributed by atoms with Gasteiger partial charge in [0.1, 0.15) is 10.3 Å². The number of rotatable bonds is 7. The first-order chi connectivity index (χ1) is 15.4. The zero-order valence-electron chi connectivity index (χ0n) is 16.8. The first-order valence-electron chi connectivity index (χ1n) is 9.59. The van der Waals surface area contributed by atoms with E-state index in [1.807, 2.05) is 0 Å². The van der Waals surface area contributed by atoms with Crippen molar-refractivity contribution in [2.45, 2.75) is 12.6 Å². The molecule has 14 heteroatoms. The predicted molar refractivity (Wildman–Crippen MR) is 118 cm³/mol. The Bertz CT molecular complexity index is 912. The van der Waals surface area contributed by atoms with Crippen LogP contribution in [0.4, 0.5) is 23.0 Å². The van der Waals surface area contributed by atoms with Crippen LogP contribution in [0.25, 0.3) is 0 Å². The van der Waals surface area contributed by atoms with Gasteiger partial charge in [-0.2, -0.15) is 0 Å². The Morgan fingerprint density at radius 3 is 1.91 bits per heavy atom. The van der Waals surface area contributed by atoms with Crippen molar-refractivity contribution in [3.05, 3.63) is 44.7 Å². The van der Waals surface area contributed by atoms with Gasteiger partial charge in [-0.25, -0.2) is 9.97 Å². The molecule has 174 valence electrons. The summed E-state index contributed by atoms with van der Waals surface area (Å²) in [7, 11) is 0. The average molecular weight is 489 g/mol. The van der Waals surface area contributed by atoms with Crippen LogP contribution < -0.4 is 16.4 Å². The standard InChI is InChI=1S/C9H10ClN3O4.C9H12ClN3O2/c10-7-2-1-6(13(14)15)9(12-7)11-5-8-16-3-4-17-8;10-7-2-1-6(11)9(13-7)12-5-8-14-3-4-15-8/h1-2,8H,3-5H2,(H,11,12);1-2,8H,3-5,11H2,(H,12,13). The van der Waals surface area contributed by atoms with Crippen molar-refractivity contribution in [3.8, 4) is 0 Å². The molecular weight excluding hydrogens is 467 g/mol. The highest BCUT2D eigenvalue weighted by molar-refractivity contribution is 6.29. The van der Waals surface area contributed by atoms with Crippen molar-refractivity contribution in [2.24, 2.45) is 0 Å². The zero-order chi connectivity index (χ0) is 22.9. The van der Waals surface area contributed by atoms with E-state index in [-0.39, 0.29) is 29.5 Å². The quantitative estimate of drug-likeness (QED) is 0.298. The Balaban J connectivity index is 0.000000182. The van der Waals surface area contributed by atoms with Crippen molar-refractivity contribution in [3.63, 3.8) is 0 Å². The Hall–Kier alpha value is -2.48. The summed E-state index contributed by atoms with van der Waals surface area (Å²) in [5, 5.41) is 17.2. The van der Waals surface area contributed by atoms with Crippen LogP contribution in [0.3, 0.4) is 0 Å². The van der Waals surface area contributed by atoms with Crippen LogP contribution >= 0.6 is 23.2 Å². The van der Waals surface area contributed by atoms with Gasteiger partial charge >= 0.3 is 5.69 Å². The first-order valence-corrected chi connectivity index (χ1v) is 10.3. The molecule has 2 fully saturated rings. The zero-order valence-corrected chi connectivity index (χ0v) is 18.3. The van der Waals surface area contributed by atoms with E-state index >= 15 is 0 Å². The smallest absolute Gasteiger partial charge is 0.311 e. The molecule has 2 aromatic heterocycles. The van der Waals surface area contributed by atoms with Gasteiger partial charge in [-0.05, 0) is 18.2 Å². The van der Waals surface area contributed by atoms with Crippen molar-refractivity contribution in [1.29, 1.82) is 0 Å². The fourth-order valence-corrected chi connectivity index (χ4v) is 3.00. The summed E-state index contributed by atoms with van der Waals surface area (Å²) in [5.41, 5.74) is 6.13. The number of ether oxygens (including phenoxy) is 4. The fraction of sp³-hybridized carbons (Fsp3) is 0.444. The molecule has 0 atom stereocenters. The monoisotopic (exact) mass is 488 g/mol. The van der Waals surface area contributed by atoms with Gasteiger partial charge in [-0.1, -0.05) is 23.2 Å². The third-order valence-electron chi connectivity index (χ3n) is 4.18. The average Bonchev–Trinajstić information content (AvgIpc) is 3.47. The molecule has 0 spiro atoms. The topological polar surface area (TPSA) is 156 Å². The van der Waals surface area contributed by atoms with Gasteiger partial charge in [-0.3, -0.25) is 10.1 Å². The molecule has 0 aromatic carbocycles. The number of anilines is 3. The molecule has 4 heterocycles. The van der Waals surface area contributed by atoms with Crippen LogP contribution in [0.5, 0.6) is 0 Å². The highest BCUT2D eigenvalue weighted by Gasteiger charge is 2.20. The van der Waals surface area contributed by atoms with Crippen LogP contribution in [0.2, 0.25) is 10.3 Å². The summed E-state index contributed by atoms with van der Waals surface area (Å²) in [6, 6.07) is 6.01. The number of nitrogen functional groups attached to an aromatic ring is 1. The second-order valence-corrected chi connectivity index (χ2v) is 7.21. The van der Waals surface area contributed by atoms with Gasteiger partial charge < -0.3 is 35.3 Å². The molecule has 4 rings (SSSR count). The lowest BCUT2D eigenvalue weighted by Crippen LogP contribution is -2.21. The Morgan fingerprint density at radius 1 is 0.906 bits per heavy atom. The Labute approximate surface area is 193 Å². The van der Waals surface area contributed by atoms with Crippen molar-refractivity contribution >= 4 is 46.2 Å². The normalized spacial score (nSPS) is 16.4. The lowest BCUT2D eigenvalue weighted by Gasteiger charge is -2.12. The number of halogens is 2. The molecule has 0 unspecified atom stereocenters. The second-order valence-electron chi connectivity index (χ2n) is 6.43. The molecule has 0 radical (unpaired) electrons. The number of pyridine rings is 2. The number of nitrogens with one attached hydrogen (secondary N) is 2. The van der Waals surface area contributed by atoms with Crippen molar-refractivity contribution < 1.29 is 23.9 Å². The third-order valence-corrected chi connectivity index (χ3v) is 4.60. The molecule has 2 aliphatic heterocycles. The van der Waals surface area contributed by atoms with Gasteiger partial charge in [0.25, 0.3) is 0 Å². The number of hydrogen-bond donors (Lipinski definition) is 3. The molecule has 2 aromatic rings. The van der Waals surface area contributed by atoms with E-state index in [1.165, 1.54) is 12.1 Å². The molecule has 0 aliphatic carbocycles. The minimum atomic E-state index is -0.526. The van der Waals surface area contributed by atoms with Crippen LogP contribution in [0.1, 0.15) is 0 Å². The van der Waals surface area contributed by atoms with E-state index in [1.54, 1.807) is 12.1 Å². The minimum Gasteiger partial charge on any atom is -0.396 e. The molecular formula is C18H22Cl2N6O6. The lowest BCUT2D eigenvalue weighted by atomic mass is 10.4. The maximum absolute atomic E-state index is 10.7. The Morgan fingerprint density at radius 2 is 1.38 bits per heavy atom. The van der Waals surface area contributed by atoms with Gasteiger partial charge in [0.05, 0.1) is 50.1 Å². The summed E-state index contributed by atoms with van der Waals surface area (Å²) in [6.45, 7) is 3.11. The van der Waals surface area contributed by atoms with E-state index in [4.69, 9.17) is 47.9 Å². The molecule has 4 N–H and O–H groups in total. The molecule has 32 heavy (non-hydrogen) atoms. The summed E-state index contributed by atoms with van der Waals surface area (Å²) in [4.78, 5) is 18.1. The summed E-state index contributed by atoms with van der Waals surface area (Å²) in [6.07, 6.45) is -0.638. The summed E-state index contributed by atoms with van der Waals surface area (Å²) < 4.78 is 20.9. The van der Waals surface area contributed by atoms with Gasteiger partial charge in [0.15, 0.2) is 18.4 Å². The maximum Gasteiger partial charge on any atom is 0.311 e. The molecule has 0 amide bonds. The van der Waals surface area contributed by atoms with E-state index in [9.17, 15) is 10.1 Å². The lowest BCUT2D eigenvalue weighted by molar-refractivity contribution is -0.384. The molecule has 0 bridgehead atoms. The highest BCUT2D eigenvalue weighted by atomic mass is 35.5. The van der Waals surface area contributed by atoms with Crippen molar-refractivity contribution in [1.82, 2.24) is 9.97 Å². The van der Waals surface area contributed by atoms with Crippen LogP contribution in [-0.4, -0.2) is 67.0 Å². The predicted octanol–water partition coefficient (Wildman–Crippen LogP) is 2.53. The Kier molecular flexibility index (Phi) is 9.02. The minimum absolute atomic E-state index is 0.113. The molecule has 2 saturated heterocycles. The van der Waals surface area contributed by atoms with E-state index in [0.717, 1.165) is 0 Å².